The van der Waals surface area contributed by atoms with Gasteiger partial charge in [0.25, 0.3) is 0 Å². The molecule has 1 aromatic carbocycles. The lowest BCUT2D eigenvalue weighted by Gasteiger charge is -2.32. The van der Waals surface area contributed by atoms with Gasteiger partial charge in [-0.15, -0.1) is 11.6 Å². The first-order valence-corrected chi connectivity index (χ1v) is 8.10. The summed E-state index contributed by atoms with van der Waals surface area (Å²) in [5, 5.41) is 0. The molecule has 1 amide bonds. The summed E-state index contributed by atoms with van der Waals surface area (Å²) in [7, 11) is 0. The third-order valence-electron chi connectivity index (χ3n) is 3.63. The molecule has 1 unspecified atom stereocenters. The van der Waals surface area contributed by atoms with Gasteiger partial charge in [0.2, 0.25) is 5.91 Å². The van der Waals surface area contributed by atoms with Crippen LogP contribution < -0.4 is 0 Å². The van der Waals surface area contributed by atoms with Gasteiger partial charge >= 0.3 is 0 Å². The van der Waals surface area contributed by atoms with Crippen LogP contribution in [0.25, 0.3) is 0 Å². The number of likely N-dealkylation sites (tertiary alicyclic amines) is 1. The maximum absolute atomic E-state index is 12.3. The molecule has 1 heterocycles. The summed E-state index contributed by atoms with van der Waals surface area (Å²) in [5.41, 5.74) is 1.07. The van der Waals surface area contributed by atoms with Crippen LogP contribution in [0.15, 0.2) is 28.7 Å². The van der Waals surface area contributed by atoms with E-state index in [4.69, 9.17) is 11.6 Å². The normalized spacial score (nSPS) is 19.5. The third-order valence-corrected chi connectivity index (χ3v) is 4.34. The van der Waals surface area contributed by atoms with Crippen LogP contribution in [0.1, 0.15) is 24.8 Å². The molecule has 1 saturated heterocycles. The van der Waals surface area contributed by atoms with Crippen LogP contribution in [-0.2, 0) is 11.2 Å². The molecule has 104 valence electrons. The van der Waals surface area contributed by atoms with Crippen molar-refractivity contribution in [2.45, 2.75) is 25.7 Å². The van der Waals surface area contributed by atoms with Gasteiger partial charge in [0.15, 0.2) is 0 Å². The van der Waals surface area contributed by atoms with Gasteiger partial charge < -0.3 is 4.90 Å². The Bertz CT molecular complexity index is 436. The molecule has 1 atom stereocenters. The number of benzene rings is 1. The Morgan fingerprint density at radius 1 is 1.47 bits per heavy atom. The molecule has 0 spiro atoms. The first kappa shape index (κ1) is 14.9. The number of hydrogen-bond acceptors (Lipinski definition) is 1. The van der Waals surface area contributed by atoms with E-state index < -0.39 is 0 Å². The van der Waals surface area contributed by atoms with Crippen LogP contribution in [0.5, 0.6) is 0 Å². The molecule has 1 aliphatic rings. The predicted molar refractivity (Wildman–Crippen MR) is 82.5 cm³/mol. The van der Waals surface area contributed by atoms with Crippen LogP contribution in [0, 0.1) is 5.92 Å². The molecule has 19 heavy (non-hydrogen) atoms. The number of amides is 1. The van der Waals surface area contributed by atoms with Gasteiger partial charge in [-0.25, -0.2) is 0 Å². The van der Waals surface area contributed by atoms with Gasteiger partial charge in [0, 0.05) is 23.4 Å². The van der Waals surface area contributed by atoms with E-state index in [1.807, 2.05) is 29.2 Å². The Labute approximate surface area is 128 Å². The predicted octanol–water partition coefficient (Wildman–Crippen LogP) is 3.86. The second-order valence-corrected chi connectivity index (χ2v) is 6.43. The molecule has 1 aliphatic heterocycles. The Morgan fingerprint density at radius 3 is 3.05 bits per heavy atom. The first-order chi connectivity index (χ1) is 9.19. The van der Waals surface area contributed by atoms with E-state index in [0.717, 1.165) is 36.0 Å². The Hall–Kier alpha value is -0.540. The largest absolute Gasteiger partial charge is 0.342 e. The Morgan fingerprint density at radius 2 is 2.32 bits per heavy atom. The van der Waals surface area contributed by atoms with Crippen LogP contribution in [0.2, 0.25) is 0 Å². The van der Waals surface area contributed by atoms with Crippen LogP contribution in [-0.4, -0.2) is 29.8 Å². The molecule has 0 saturated carbocycles. The number of nitrogens with zero attached hydrogens (tertiary/aromatic N) is 1. The second-order valence-electron chi connectivity index (χ2n) is 5.13. The van der Waals surface area contributed by atoms with Crippen molar-refractivity contribution in [3.05, 3.63) is 34.3 Å². The van der Waals surface area contributed by atoms with Crippen molar-refractivity contribution in [3.8, 4) is 0 Å². The average Bonchev–Trinajstić information content (AvgIpc) is 2.39. The van der Waals surface area contributed by atoms with Crippen LogP contribution >= 0.6 is 27.5 Å². The summed E-state index contributed by atoms with van der Waals surface area (Å²) < 4.78 is 1.02. The van der Waals surface area contributed by atoms with Gasteiger partial charge in [-0.2, -0.15) is 0 Å². The van der Waals surface area contributed by atoms with Gasteiger partial charge in [0.05, 0.1) is 6.42 Å². The van der Waals surface area contributed by atoms with Crippen LogP contribution in [0.4, 0.5) is 0 Å². The minimum atomic E-state index is 0.234. The van der Waals surface area contributed by atoms with E-state index in [-0.39, 0.29) is 5.91 Å². The molecular weight excluding hydrogens is 326 g/mol. The monoisotopic (exact) mass is 343 g/mol. The van der Waals surface area contributed by atoms with Gasteiger partial charge in [-0.1, -0.05) is 28.1 Å². The van der Waals surface area contributed by atoms with Crippen molar-refractivity contribution in [2.24, 2.45) is 5.92 Å². The maximum atomic E-state index is 12.3. The van der Waals surface area contributed by atoms with Gasteiger partial charge in [0.1, 0.15) is 0 Å². The fourth-order valence-corrected chi connectivity index (χ4v) is 3.37. The van der Waals surface area contributed by atoms with E-state index in [9.17, 15) is 4.79 Å². The smallest absolute Gasteiger partial charge is 0.226 e. The third kappa shape index (κ3) is 4.50. The number of alkyl halides is 1. The highest BCUT2D eigenvalue weighted by molar-refractivity contribution is 9.10. The summed E-state index contributed by atoms with van der Waals surface area (Å²) in [6.07, 6.45) is 3.81. The molecule has 1 fully saturated rings. The molecule has 1 aromatic rings. The molecule has 0 aliphatic carbocycles. The Balaban J connectivity index is 1.92. The summed E-state index contributed by atoms with van der Waals surface area (Å²) in [6, 6.07) is 7.96. The van der Waals surface area contributed by atoms with Crippen molar-refractivity contribution in [1.82, 2.24) is 4.90 Å². The first-order valence-electron chi connectivity index (χ1n) is 6.77. The number of carbonyl (C=O) groups is 1. The minimum Gasteiger partial charge on any atom is -0.342 e. The highest BCUT2D eigenvalue weighted by Crippen LogP contribution is 2.21. The highest BCUT2D eigenvalue weighted by Gasteiger charge is 2.23. The fraction of sp³-hybridized carbons (Fsp3) is 0.533. The summed E-state index contributed by atoms with van der Waals surface area (Å²) in [4.78, 5) is 14.3. The highest BCUT2D eigenvalue weighted by atomic mass is 79.9. The van der Waals surface area contributed by atoms with Crippen molar-refractivity contribution in [3.63, 3.8) is 0 Å². The van der Waals surface area contributed by atoms with Crippen molar-refractivity contribution < 1.29 is 4.79 Å². The standard InChI is InChI=1S/C15H19BrClNO/c16-14-5-1-3-13(9-14)10-15(19)18-8-2-4-12(11-18)6-7-17/h1,3,5,9,12H,2,4,6-8,10-11H2. The van der Waals surface area contributed by atoms with E-state index >= 15 is 0 Å². The molecule has 0 radical (unpaired) electrons. The second kappa shape index (κ2) is 7.30. The van der Waals surface area contributed by atoms with E-state index in [2.05, 4.69) is 15.9 Å². The summed E-state index contributed by atoms with van der Waals surface area (Å²) >= 11 is 9.24. The van der Waals surface area contributed by atoms with Gasteiger partial charge in [-0.05, 0) is 42.9 Å². The minimum absolute atomic E-state index is 0.234. The molecule has 0 aromatic heterocycles. The van der Waals surface area contributed by atoms with Crippen LogP contribution in [0.3, 0.4) is 0 Å². The number of hydrogen-bond donors (Lipinski definition) is 0. The maximum Gasteiger partial charge on any atom is 0.226 e. The molecule has 0 bridgehead atoms. The molecule has 2 rings (SSSR count). The van der Waals surface area contributed by atoms with E-state index in [1.165, 1.54) is 6.42 Å². The quantitative estimate of drug-likeness (QED) is 0.760. The zero-order valence-electron chi connectivity index (χ0n) is 10.9. The van der Waals surface area contributed by atoms with Crippen molar-refractivity contribution >= 4 is 33.4 Å². The lowest BCUT2D eigenvalue weighted by molar-refractivity contribution is -0.132. The average molecular weight is 345 g/mol. The molecular formula is C15H19BrClNO. The van der Waals surface area contributed by atoms with E-state index in [1.54, 1.807) is 0 Å². The van der Waals surface area contributed by atoms with Gasteiger partial charge in [-0.3, -0.25) is 4.79 Å². The number of halogens is 2. The Kier molecular flexibility index (Phi) is 5.71. The lowest BCUT2D eigenvalue weighted by Crippen LogP contribution is -2.40. The summed E-state index contributed by atoms with van der Waals surface area (Å²) in [5.74, 6) is 1.51. The zero-order valence-corrected chi connectivity index (χ0v) is 13.3. The van der Waals surface area contributed by atoms with E-state index in [0.29, 0.717) is 18.2 Å². The molecule has 0 N–H and O–H groups in total. The number of rotatable bonds is 4. The van der Waals surface area contributed by atoms with Crippen molar-refractivity contribution in [1.29, 1.82) is 0 Å². The van der Waals surface area contributed by atoms with Crippen molar-refractivity contribution in [2.75, 3.05) is 19.0 Å². The number of carbonyl (C=O) groups excluding carboxylic acids is 1. The zero-order chi connectivity index (χ0) is 13.7. The summed E-state index contributed by atoms with van der Waals surface area (Å²) in [6.45, 7) is 1.77. The lowest BCUT2D eigenvalue weighted by atomic mass is 9.95. The molecule has 4 heteroatoms. The fourth-order valence-electron chi connectivity index (χ4n) is 2.61. The number of piperidine rings is 1. The topological polar surface area (TPSA) is 20.3 Å². The SMILES string of the molecule is O=C(Cc1cccc(Br)c1)N1CCCC(CCCl)C1. The molecule has 2 nitrogen and oxygen atoms in total.